The highest BCUT2D eigenvalue weighted by Crippen LogP contribution is 2.62. The fraction of sp³-hybridized carbons (Fsp3) is 0.360. The first kappa shape index (κ1) is 21.1. The molecule has 5 rings (SSSR count). The first-order chi connectivity index (χ1) is 15.5. The second-order valence-corrected chi connectivity index (χ2v) is 9.96. The third-order valence-electron chi connectivity index (χ3n) is 6.74. The van der Waals surface area contributed by atoms with E-state index in [4.69, 9.17) is 10.3 Å². The van der Waals surface area contributed by atoms with Crippen molar-refractivity contribution in [2.24, 2.45) is 22.9 Å². The molecular weight excluding hydrogens is 425 g/mol. The first-order valence-electron chi connectivity index (χ1n) is 10.8. The van der Waals surface area contributed by atoms with Crippen LogP contribution in [0.2, 0.25) is 0 Å². The maximum atomic E-state index is 13.9. The Bertz CT molecular complexity index is 1150. The molecule has 0 saturated heterocycles. The lowest BCUT2D eigenvalue weighted by atomic mass is 9.78. The summed E-state index contributed by atoms with van der Waals surface area (Å²) in [5, 5.41) is 4.79. The van der Waals surface area contributed by atoms with Crippen molar-refractivity contribution in [3.05, 3.63) is 76.7 Å². The van der Waals surface area contributed by atoms with Crippen LogP contribution in [0.15, 0.2) is 59.7 Å². The molecule has 2 fully saturated rings. The molecule has 1 aromatic heterocycles. The number of rotatable bonds is 8. The summed E-state index contributed by atoms with van der Waals surface area (Å²) >= 11 is 1.50. The summed E-state index contributed by atoms with van der Waals surface area (Å²) in [5.74, 6) is 0.158. The van der Waals surface area contributed by atoms with Gasteiger partial charge in [-0.1, -0.05) is 42.5 Å². The molecule has 3 aromatic rings. The second-order valence-electron chi connectivity index (χ2n) is 8.75. The predicted molar refractivity (Wildman–Crippen MR) is 120 cm³/mol. The molecule has 7 heteroatoms. The quantitative estimate of drug-likeness (QED) is 0.334. The van der Waals surface area contributed by atoms with E-state index in [-0.39, 0.29) is 17.5 Å². The fourth-order valence-electron chi connectivity index (χ4n) is 5.06. The Labute approximate surface area is 190 Å². The lowest BCUT2D eigenvalue weighted by Crippen LogP contribution is -2.44. The lowest BCUT2D eigenvalue weighted by Gasteiger charge is -2.30. The topological polar surface area (TPSA) is 75.4 Å². The molecule has 32 heavy (non-hydrogen) atoms. The third-order valence-corrected chi connectivity index (χ3v) is 7.76. The minimum atomic E-state index is -1.12. The van der Waals surface area contributed by atoms with Gasteiger partial charge in [-0.3, -0.25) is 4.79 Å². The standard InChI is InChI=1S/C25H24FN3O2S/c1-15-28-22(23(32-15)17-5-3-2-4-6-17)24(30)25(29-27)12-18-11-20(18)21(25)14-31-13-16-7-9-19(26)10-8-16/h2-10,18,20-21,27H,11-14H2,1H3. The van der Waals surface area contributed by atoms with E-state index in [1.807, 2.05) is 37.3 Å². The first-order valence-corrected chi connectivity index (χ1v) is 11.6. The Kier molecular flexibility index (Phi) is 5.47. The van der Waals surface area contributed by atoms with Crippen molar-refractivity contribution in [2.45, 2.75) is 31.9 Å². The number of aryl methyl sites for hydroxylation is 1. The number of carbonyl (C=O) groups excluding carboxylic acids is 1. The number of ether oxygens (including phenoxy) is 1. The maximum absolute atomic E-state index is 13.9. The number of aromatic nitrogens is 1. The van der Waals surface area contributed by atoms with Gasteiger partial charge in [0.25, 0.3) is 0 Å². The minimum Gasteiger partial charge on any atom is -0.376 e. The molecule has 2 saturated carbocycles. The zero-order valence-electron chi connectivity index (χ0n) is 17.8. The highest BCUT2D eigenvalue weighted by molar-refractivity contribution is 7.15. The predicted octanol–water partition coefficient (Wildman–Crippen LogP) is 6.08. The lowest BCUT2D eigenvalue weighted by molar-refractivity contribution is 0.0470. The number of nitrogens with one attached hydrogen (secondary N) is 1. The molecule has 0 radical (unpaired) electrons. The average molecular weight is 450 g/mol. The van der Waals surface area contributed by atoms with Crippen LogP contribution in [0.25, 0.3) is 10.4 Å². The van der Waals surface area contributed by atoms with E-state index >= 15 is 0 Å². The van der Waals surface area contributed by atoms with E-state index in [9.17, 15) is 9.18 Å². The average Bonchev–Trinajstić information content (AvgIpc) is 3.34. The van der Waals surface area contributed by atoms with E-state index in [0.29, 0.717) is 37.2 Å². The zero-order chi connectivity index (χ0) is 22.3. The van der Waals surface area contributed by atoms with Gasteiger partial charge in [0.05, 0.1) is 23.1 Å². The summed E-state index contributed by atoms with van der Waals surface area (Å²) in [5.41, 5.74) is 9.17. The highest BCUT2D eigenvalue weighted by atomic mass is 32.1. The largest absolute Gasteiger partial charge is 0.376 e. The van der Waals surface area contributed by atoms with Crippen molar-refractivity contribution in [1.82, 2.24) is 4.98 Å². The normalized spacial score (nSPS) is 26.0. The van der Waals surface area contributed by atoms with Crippen LogP contribution in [-0.4, -0.2) is 22.9 Å². The molecule has 2 aliphatic rings. The van der Waals surface area contributed by atoms with Crippen LogP contribution < -0.4 is 0 Å². The van der Waals surface area contributed by atoms with Gasteiger partial charge in [0.15, 0.2) is 5.54 Å². The Morgan fingerprint density at radius 3 is 2.72 bits per heavy atom. The number of halogens is 1. The Morgan fingerprint density at radius 2 is 2.00 bits per heavy atom. The van der Waals surface area contributed by atoms with E-state index in [1.165, 1.54) is 23.5 Å². The van der Waals surface area contributed by atoms with Gasteiger partial charge < -0.3 is 4.74 Å². The van der Waals surface area contributed by atoms with Gasteiger partial charge in [0, 0.05) is 5.92 Å². The molecular formula is C25H24FN3O2S. The van der Waals surface area contributed by atoms with Crippen molar-refractivity contribution in [3.8, 4) is 10.4 Å². The summed E-state index contributed by atoms with van der Waals surface area (Å²) in [4.78, 5) is 19.3. The van der Waals surface area contributed by atoms with E-state index in [1.54, 1.807) is 12.1 Å². The van der Waals surface area contributed by atoms with Crippen LogP contribution >= 0.6 is 11.3 Å². The summed E-state index contributed by atoms with van der Waals surface area (Å²) in [6, 6.07) is 16.0. The van der Waals surface area contributed by atoms with Crippen LogP contribution in [0.1, 0.15) is 33.9 Å². The van der Waals surface area contributed by atoms with Crippen molar-refractivity contribution >= 4 is 17.1 Å². The Balaban J connectivity index is 1.40. The number of hydrogen-bond acceptors (Lipinski definition) is 6. The fourth-order valence-corrected chi connectivity index (χ4v) is 5.98. The molecule has 1 N–H and O–H groups in total. The Morgan fingerprint density at radius 1 is 1.25 bits per heavy atom. The number of thiazole rings is 1. The van der Waals surface area contributed by atoms with Crippen LogP contribution in [0, 0.1) is 36.0 Å². The van der Waals surface area contributed by atoms with Crippen molar-refractivity contribution < 1.29 is 13.9 Å². The summed E-state index contributed by atoms with van der Waals surface area (Å²) in [7, 11) is 0. The van der Waals surface area contributed by atoms with Crippen molar-refractivity contribution in [1.29, 1.82) is 5.53 Å². The van der Waals surface area contributed by atoms with Gasteiger partial charge in [-0.15, -0.1) is 11.3 Å². The minimum absolute atomic E-state index is 0.149. The van der Waals surface area contributed by atoms with Crippen LogP contribution in [0.4, 0.5) is 4.39 Å². The summed E-state index contributed by atoms with van der Waals surface area (Å²) in [6.45, 7) is 2.58. The molecule has 164 valence electrons. The highest BCUT2D eigenvalue weighted by Gasteiger charge is 2.65. The smallest absolute Gasteiger partial charge is 0.212 e. The van der Waals surface area contributed by atoms with Crippen molar-refractivity contribution in [3.63, 3.8) is 0 Å². The second kappa shape index (κ2) is 8.30. The van der Waals surface area contributed by atoms with Gasteiger partial charge in [0.2, 0.25) is 5.78 Å². The molecule has 2 aromatic carbocycles. The van der Waals surface area contributed by atoms with Gasteiger partial charge in [-0.05, 0) is 54.9 Å². The molecule has 4 atom stereocenters. The number of fused-ring (bicyclic) bond motifs is 1. The molecule has 0 spiro atoms. The molecule has 2 aliphatic carbocycles. The molecule has 4 unspecified atom stereocenters. The molecule has 0 bridgehead atoms. The number of Topliss-reactive ketones (excluding diaryl/α,β-unsaturated/α-hetero) is 1. The summed E-state index contributed by atoms with van der Waals surface area (Å²) < 4.78 is 19.1. The van der Waals surface area contributed by atoms with Crippen molar-refractivity contribution in [2.75, 3.05) is 6.61 Å². The molecule has 0 amide bonds. The molecule has 1 heterocycles. The van der Waals surface area contributed by atoms with Crippen LogP contribution in [0.5, 0.6) is 0 Å². The van der Waals surface area contributed by atoms with Crippen LogP contribution in [0.3, 0.4) is 0 Å². The number of carbonyl (C=O) groups is 1. The van der Waals surface area contributed by atoms with E-state index < -0.39 is 5.54 Å². The van der Waals surface area contributed by atoms with Gasteiger partial charge >= 0.3 is 0 Å². The number of ketones is 1. The van der Waals surface area contributed by atoms with Gasteiger partial charge in [-0.2, -0.15) is 5.11 Å². The number of benzene rings is 2. The SMILES string of the molecule is Cc1nc(C(=O)C2(N=N)CC3CC3C2COCc2ccc(F)cc2)c(-c2ccccc2)s1. The van der Waals surface area contributed by atoms with E-state index in [0.717, 1.165) is 27.4 Å². The monoisotopic (exact) mass is 449 g/mol. The van der Waals surface area contributed by atoms with Gasteiger partial charge in [-0.25, -0.2) is 14.9 Å². The summed E-state index contributed by atoms with van der Waals surface area (Å²) in [6.07, 6.45) is 1.63. The third kappa shape index (κ3) is 3.69. The number of nitrogens with zero attached hydrogens (tertiary/aromatic N) is 2. The zero-order valence-corrected chi connectivity index (χ0v) is 18.6. The Hall–Kier alpha value is -2.77. The van der Waals surface area contributed by atoms with Gasteiger partial charge in [0.1, 0.15) is 11.5 Å². The molecule has 0 aliphatic heterocycles. The molecule has 5 nitrogen and oxygen atoms in total. The van der Waals surface area contributed by atoms with Crippen LogP contribution in [-0.2, 0) is 11.3 Å². The van der Waals surface area contributed by atoms with E-state index in [2.05, 4.69) is 10.1 Å². The number of hydrogen-bond donors (Lipinski definition) is 1. The maximum Gasteiger partial charge on any atom is 0.212 e.